The fraction of sp³-hybridized carbons (Fsp3) is 0.296. The number of aryl methyl sites for hydroxylation is 2. The number of carbonyl (C=O) groups excluding carboxylic acids is 1. The van der Waals surface area contributed by atoms with Gasteiger partial charge in [0, 0.05) is 24.7 Å². The van der Waals surface area contributed by atoms with Gasteiger partial charge in [0.2, 0.25) is 0 Å². The number of ether oxygens (including phenoxy) is 2. The number of carbonyl (C=O) groups is 1. The number of likely N-dealkylation sites (N-methyl/N-ethyl adjacent to an activating group) is 1. The summed E-state index contributed by atoms with van der Waals surface area (Å²) in [5, 5.41) is 9.26. The van der Waals surface area contributed by atoms with E-state index in [0.717, 1.165) is 41.0 Å². The zero-order chi connectivity index (χ0) is 22.9. The minimum absolute atomic E-state index is 0.0683. The van der Waals surface area contributed by atoms with E-state index in [9.17, 15) is 9.90 Å². The zero-order valence-corrected chi connectivity index (χ0v) is 19.0. The molecule has 0 saturated carbocycles. The second-order valence-corrected chi connectivity index (χ2v) is 7.60. The largest absolute Gasteiger partial charge is 0.497 e. The average Bonchev–Trinajstić information content (AvgIpc) is 2.83. The molecule has 0 aliphatic carbocycles. The molecule has 168 valence electrons. The maximum Gasteiger partial charge on any atom is 0.253 e. The van der Waals surface area contributed by atoms with E-state index in [4.69, 9.17) is 9.47 Å². The highest BCUT2D eigenvalue weighted by Crippen LogP contribution is 2.35. The number of amides is 1. The zero-order valence-electron chi connectivity index (χ0n) is 19.0. The van der Waals surface area contributed by atoms with Crippen LogP contribution >= 0.6 is 0 Å². The van der Waals surface area contributed by atoms with Gasteiger partial charge in [-0.1, -0.05) is 42.5 Å². The minimum atomic E-state index is -0.0932. The van der Waals surface area contributed by atoms with Crippen molar-refractivity contribution in [3.05, 3.63) is 83.4 Å². The Balaban J connectivity index is 2.03. The lowest BCUT2D eigenvalue weighted by atomic mass is 9.94. The topological polar surface area (TPSA) is 59.0 Å². The van der Waals surface area contributed by atoms with Crippen LogP contribution < -0.4 is 9.47 Å². The Morgan fingerprint density at radius 1 is 1.00 bits per heavy atom. The lowest BCUT2D eigenvalue weighted by Gasteiger charge is -2.19. The molecule has 1 N–H and O–H groups in total. The van der Waals surface area contributed by atoms with Crippen molar-refractivity contribution >= 4 is 5.91 Å². The molecule has 0 aromatic heterocycles. The molecule has 0 radical (unpaired) electrons. The summed E-state index contributed by atoms with van der Waals surface area (Å²) in [6, 6.07) is 21.9. The van der Waals surface area contributed by atoms with Gasteiger partial charge in [-0.25, -0.2) is 0 Å². The molecule has 0 saturated heterocycles. The molecule has 0 unspecified atom stereocenters. The first-order valence-electron chi connectivity index (χ1n) is 10.9. The van der Waals surface area contributed by atoms with Gasteiger partial charge in [0.1, 0.15) is 11.5 Å². The van der Waals surface area contributed by atoms with Crippen LogP contribution in [0.1, 0.15) is 28.4 Å². The molecule has 0 aliphatic rings. The molecule has 3 aromatic carbocycles. The van der Waals surface area contributed by atoms with Gasteiger partial charge < -0.3 is 19.5 Å². The molecule has 0 bridgehead atoms. The normalized spacial score (nSPS) is 10.6. The summed E-state index contributed by atoms with van der Waals surface area (Å²) in [7, 11) is 3.35. The van der Waals surface area contributed by atoms with Crippen LogP contribution in [0.15, 0.2) is 66.7 Å². The Morgan fingerprint density at radius 2 is 1.78 bits per heavy atom. The third-order valence-corrected chi connectivity index (χ3v) is 5.44. The number of rotatable bonds is 10. The summed E-state index contributed by atoms with van der Waals surface area (Å²) in [5.74, 6) is 1.43. The van der Waals surface area contributed by atoms with Crippen molar-refractivity contribution in [2.45, 2.75) is 19.8 Å². The summed E-state index contributed by atoms with van der Waals surface area (Å²) < 4.78 is 11.3. The lowest BCUT2D eigenvalue weighted by Crippen LogP contribution is -2.30. The molecule has 0 spiro atoms. The van der Waals surface area contributed by atoms with Crippen molar-refractivity contribution in [2.75, 3.05) is 33.9 Å². The lowest BCUT2D eigenvalue weighted by molar-refractivity contribution is 0.0766. The second kappa shape index (κ2) is 11.3. The van der Waals surface area contributed by atoms with E-state index in [2.05, 4.69) is 18.2 Å². The quantitative estimate of drug-likeness (QED) is 0.507. The van der Waals surface area contributed by atoms with Crippen LogP contribution in [-0.2, 0) is 12.8 Å². The van der Waals surface area contributed by atoms with Crippen LogP contribution in [0.25, 0.3) is 11.1 Å². The molecule has 3 aromatic rings. The molecule has 0 aliphatic heterocycles. The fourth-order valence-corrected chi connectivity index (χ4v) is 3.70. The Kier molecular flexibility index (Phi) is 8.28. The predicted molar refractivity (Wildman–Crippen MR) is 127 cm³/mol. The Bertz CT molecular complexity index is 1030. The maximum atomic E-state index is 13.1. The van der Waals surface area contributed by atoms with Gasteiger partial charge in [-0.15, -0.1) is 0 Å². The van der Waals surface area contributed by atoms with Crippen molar-refractivity contribution in [1.29, 1.82) is 0 Å². The van der Waals surface area contributed by atoms with Crippen molar-refractivity contribution in [1.82, 2.24) is 4.90 Å². The molecule has 5 nitrogen and oxygen atoms in total. The van der Waals surface area contributed by atoms with Crippen molar-refractivity contribution in [2.24, 2.45) is 0 Å². The van der Waals surface area contributed by atoms with E-state index in [1.54, 1.807) is 19.1 Å². The van der Waals surface area contributed by atoms with Gasteiger partial charge >= 0.3 is 0 Å². The van der Waals surface area contributed by atoms with Gasteiger partial charge in [0.05, 0.1) is 20.3 Å². The van der Waals surface area contributed by atoms with Gasteiger partial charge in [0.25, 0.3) is 5.91 Å². The molecule has 32 heavy (non-hydrogen) atoms. The number of aliphatic hydroxyl groups is 1. The van der Waals surface area contributed by atoms with Crippen LogP contribution in [0.4, 0.5) is 0 Å². The van der Waals surface area contributed by atoms with Gasteiger partial charge in [-0.3, -0.25) is 4.79 Å². The standard InChI is InChI=1S/C27H31NO4/c1-4-32-26-15-13-23(31-3)19-25(26)22-12-14-24(27(30)28(2)16-17-29)21(18-22)11-10-20-8-6-5-7-9-20/h5-9,12-15,18-19,29H,4,10-11,16-17H2,1-3H3. The summed E-state index contributed by atoms with van der Waals surface area (Å²) >= 11 is 0. The average molecular weight is 434 g/mol. The summed E-state index contributed by atoms with van der Waals surface area (Å²) in [6.45, 7) is 2.74. The molecule has 0 heterocycles. The van der Waals surface area contributed by atoms with E-state index >= 15 is 0 Å². The predicted octanol–water partition coefficient (Wildman–Crippen LogP) is 4.61. The Hall–Kier alpha value is -3.31. The minimum Gasteiger partial charge on any atom is -0.497 e. The van der Waals surface area contributed by atoms with Crippen LogP contribution in [0.5, 0.6) is 11.5 Å². The first-order valence-corrected chi connectivity index (χ1v) is 10.9. The van der Waals surface area contributed by atoms with Gasteiger partial charge in [-0.05, 0) is 60.7 Å². The number of nitrogens with zero attached hydrogens (tertiary/aromatic N) is 1. The highest BCUT2D eigenvalue weighted by atomic mass is 16.5. The monoisotopic (exact) mass is 433 g/mol. The van der Waals surface area contributed by atoms with Gasteiger partial charge in [-0.2, -0.15) is 0 Å². The molecular formula is C27H31NO4. The smallest absolute Gasteiger partial charge is 0.253 e. The van der Waals surface area contributed by atoms with Gasteiger partial charge in [0.15, 0.2) is 0 Å². The first kappa shape index (κ1) is 23.4. The van der Waals surface area contributed by atoms with Crippen molar-refractivity contribution < 1.29 is 19.4 Å². The highest BCUT2D eigenvalue weighted by molar-refractivity contribution is 5.96. The number of benzene rings is 3. The van der Waals surface area contributed by atoms with Crippen LogP contribution in [-0.4, -0.2) is 49.8 Å². The highest BCUT2D eigenvalue weighted by Gasteiger charge is 2.18. The van der Waals surface area contributed by atoms with Crippen LogP contribution in [0.2, 0.25) is 0 Å². The third-order valence-electron chi connectivity index (χ3n) is 5.44. The summed E-state index contributed by atoms with van der Waals surface area (Å²) in [5.41, 5.74) is 4.73. The fourth-order valence-electron chi connectivity index (χ4n) is 3.70. The van der Waals surface area contributed by atoms with Crippen molar-refractivity contribution in [3.8, 4) is 22.6 Å². The molecular weight excluding hydrogens is 402 g/mol. The molecule has 5 heteroatoms. The number of hydrogen-bond donors (Lipinski definition) is 1. The maximum absolute atomic E-state index is 13.1. The van der Waals surface area contributed by atoms with Crippen molar-refractivity contribution in [3.63, 3.8) is 0 Å². The summed E-state index contributed by atoms with van der Waals surface area (Å²) in [6.07, 6.45) is 1.55. The van der Waals surface area contributed by atoms with E-state index < -0.39 is 0 Å². The summed E-state index contributed by atoms with van der Waals surface area (Å²) in [4.78, 5) is 14.6. The SMILES string of the molecule is CCOc1ccc(OC)cc1-c1ccc(C(=O)N(C)CCO)c(CCc2ccccc2)c1. The molecule has 3 rings (SSSR count). The Morgan fingerprint density at radius 3 is 2.47 bits per heavy atom. The van der Waals surface area contributed by atoms with E-state index in [1.165, 1.54) is 5.56 Å². The van der Waals surface area contributed by atoms with Crippen LogP contribution in [0, 0.1) is 0 Å². The Labute approximate surface area is 190 Å². The molecule has 0 fully saturated rings. The molecule has 1 amide bonds. The third kappa shape index (κ3) is 5.68. The molecule has 0 atom stereocenters. The number of hydrogen-bond acceptors (Lipinski definition) is 4. The number of methoxy groups -OCH3 is 1. The number of aliphatic hydroxyl groups excluding tert-OH is 1. The van der Waals surface area contributed by atoms with E-state index in [0.29, 0.717) is 18.7 Å². The van der Waals surface area contributed by atoms with Crippen LogP contribution in [0.3, 0.4) is 0 Å². The van der Waals surface area contributed by atoms with E-state index in [1.807, 2.05) is 55.5 Å². The van der Waals surface area contributed by atoms with E-state index in [-0.39, 0.29) is 12.5 Å². The second-order valence-electron chi connectivity index (χ2n) is 7.60. The first-order chi connectivity index (χ1) is 15.6.